The highest BCUT2D eigenvalue weighted by molar-refractivity contribution is 5.96. The summed E-state index contributed by atoms with van der Waals surface area (Å²) in [5, 5.41) is 11.1. The van der Waals surface area contributed by atoms with Gasteiger partial charge in [-0.15, -0.1) is 0 Å². The first-order valence-electron chi connectivity index (χ1n) is 5.73. The van der Waals surface area contributed by atoms with Gasteiger partial charge in [0.15, 0.2) is 0 Å². The minimum absolute atomic E-state index is 0.238. The second-order valence-electron chi connectivity index (χ2n) is 4.82. The highest BCUT2D eigenvalue weighted by Gasteiger charge is 2.31. The number of nitrogens with one attached hydrogen (secondary N) is 1. The lowest BCUT2D eigenvalue weighted by atomic mass is 9.89. The van der Waals surface area contributed by atoms with Crippen LogP contribution in [0, 0.1) is 5.41 Å². The number of ether oxygens (including phenoxy) is 1. The fourth-order valence-electron chi connectivity index (χ4n) is 1.49. The minimum atomic E-state index is -1.19. The molecule has 1 aliphatic heterocycles. The summed E-state index contributed by atoms with van der Waals surface area (Å²) in [6, 6.07) is -0.496. The number of carbonyl (C=O) groups is 3. The van der Waals surface area contributed by atoms with Crippen molar-refractivity contribution in [3.8, 4) is 0 Å². The van der Waals surface area contributed by atoms with Crippen LogP contribution in [0.2, 0.25) is 0 Å². The average molecular weight is 258 g/mol. The Morgan fingerprint density at radius 3 is 2.33 bits per heavy atom. The van der Waals surface area contributed by atoms with Gasteiger partial charge in [0, 0.05) is 19.5 Å². The lowest BCUT2D eigenvalue weighted by molar-refractivity contribution is -0.149. The van der Waals surface area contributed by atoms with Crippen molar-refractivity contribution in [1.29, 1.82) is 0 Å². The maximum Gasteiger partial charge on any atom is 0.324 e. The maximum atomic E-state index is 11.7. The van der Waals surface area contributed by atoms with Crippen molar-refractivity contribution in [1.82, 2.24) is 10.2 Å². The van der Waals surface area contributed by atoms with Gasteiger partial charge in [-0.05, 0) is 13.8 Å². The number of urea groups is 1. The van der Waals surface area contributed by atoms with E-state index in [0.717, 1.165) is 0 Å². The van der Waals surface area contributed by atoms with Gasteiger partial charge in [-0.2, -0.15) is 0 Å². The zero-order valence-corrected chi connectivity index (χ0v) is 10.6. The largest absolute Gasteiger partial charge is 0.481 e. The Hall–Kier alpha value is -1.63. The highest BCUT2D eigenvalue weighted by atomic mass is 16.5. The van der Waals surface area contributed by atoms with E-state index < -0.39 is 23.3 Å². The molecular weight excluding hydrogens is 240 g/mol. The molecule has 0 aromatic heterocycles. The Balaban J connectivity index is 2.44. The van der Waals surface area contributed by atoms with Crippen LogP contribution < -0.4 is 5.32 Å². The smallest absolute Gasteiger partial charge is 0.324 e. The number of morpholine rings is 1. The van der Waals surface area contributed by atoms with E-state index in [4.69, 9.17) is 9.84 Å². The number of carbonyl (C=O) groups excluding carboxylic acids is 2. The van der Waals surface area contributed by atoms with Crippen molar-refractivity contribution in [2.24, 2.45) is 5.41 Å². The van der Waals surface area contributed by atoms with E-state index >= 15 is 0 Å². The number of hydrogen-bond donors (Lipinski definition) is 2. The Morgan fingerprint density at radius 2 is 1.83 bits per heavy atom. The topological polar surface area (TPSA) is 95.9 Å². The monoisotopic (exact) mass is 258 g/mol. The third-order valence-electron chi connectivity index (χ3n) is 2.73. The van der Waals surface area contributed by atoms with Crippen LogP contribution in [0.4, 0.5) is 4.79 Å². The van der Waals surface area contributed by atoms with E-state index in [9.17, 15) is 14.4 Å². The molecule has 18 heavy (non-hydrogen) atoms. The van der Waals surface area contributed by atoms with Gasteiger partial charge < -0.3 is 14.7 Å². The van der Waals surface area contributed by atoms with Gasteiger partial charge in [0.1, 0.15) is 0 Å². The molecular formula is C11H18N2O5. The van der Waals surface area contributed by atoms with Crippen LogP contribution in [0.25, 0.3) is 0 Å². The second-order valence-corrected chi connectivity index (χ2v) is 4.82. The maximum absolute atomic E-state index is 11.7. The molecule has 0 spiro atoms. The summed E-state index contributed by atoms with van der Waals surface area (Å²) < 4.78 is 5.08. The molecule has 0 radical (unpaired) electrons. The molecule has 0 aromatic carbocycles. The predicted molar refractivity (Wildman–Crippen MR) is 62.0 cm³/mol. The molecule has 7 heteroatoms. The molecule has 102 valence electrons. The number of hydrogen-bond acceptors (Lipinski definition) is 4. The molecule has 2 N–H and O–H groups in total. The summed E-state index contributed by atoms with van der Waals surface area (Å²) in [5.41, 5.74) is -1.19. The van der Waals surface area contributed by atoms with Crippen molar-refractivity contribution >= 4 is 17.9 Å². The quantitative estimate of drug-likeness (QED) is 0.746. The fourth-order valence-corrected chi connectivity index (χ4v) is 1.49. The van der Waals surface area contributed by atoms with Gasteiger partial charge in [-0.3, -0.25) is 14.9 Å². The summed E-state index contributed by atoms with van der Waals surface area (Å²) in [4.78, 5) is 35.5. The Bertz CT molecular complexity index is 347. The number of imide groups is 1. The Labute approximate surface area is 105 Å². The van der Waals surface area contributed by atoms with E-state index in [0.29, 0.717) is 26.3 Å². The second kappa shape index (κ2) is 5.81. The van der Waals surface area contributed by atoms with Crippen LogP contribution in [0.5, 0.6) is 0 Å². The molecule has 1 heterocycles. The van der Waals surface area contributed by atoms with E-state index in [2.05, 4.69) is 5.32 Å². The van der Waals surface area contributed by atoms with E-state index in [1.54, 1.807) is 0 Å². The standard InChI is InChI=1S/C11H18N2O5/c1-11(2,9(15)16)7-8(14)12-10(17)13-3-5-18-6-4-13/h3-7H2,1-2H3,(H,15,16)(H,12,14,17). The van der Waals surface area contributed by atoms with Crippen molar-refractivity contribution in [3.05, 3.63) is 0 Å². The van der Waals surface area contributed by atoms with Crippen molar-refractivity contribution in [3.63, 3.8) is 0 Å². The zero-order valence-electron chi connectivity index (χ0n) is 10.6. The Kier molecular flexibility index (Phi) is 4.66. The number of amides is 3. The molecule has 0 bridgehead atoms. The van der Waals surface area contributed by atoms with Crippen molar-refractivity contribution in [2.75, 3.05) is 26.3 Å². The molecule has 7 nitrogen and oxygen atoms in total. The summed E-state index contributed by atoms with van der Waals surface area (Å²) >= 11 is 0. The third kappa shape index (κ3) is 3.99. The van der Waals surface area contributed by atoms with Gasteiger partial charge >= 0.3 is 12.0 Å². The Morgan fingerprint density at radius 1 is 1.28 bits per heavy atom. The lowest BCUT2D eigenvalue weighted by Gasteiger charge is -2.27. The number of nitrogens with zero attached hydrogens (tertiary/aromatic N) is 1. The van der Waals surface area contributed by atoms with Gasteiger partial charge in [0.05, 0.1) is 18.6 Å². The molecule has 0 aliphatic carbocycles. The molecule has 0 atom stereocenters. The van der Waals surface area contributed by atoms with Crippen LogP contribution in [-0.4, -0.2) is 54.2 Å². The minimum Gasteiger partial charge on any atom is -0.481 e. The van der Waals surface area contributed by atoms with Crippen LogP contribution in [0.1, 0.15) is 20.3 Å². The summed E-state index contributed by atoms with van der Waals surface area (Å²) in [7, 11) is 0. The molecule has 0 saturated carbocycles. The zero-order chi connectivity index (χ0) is 13.8. The highest BCUT2D eigenvalue weighted by Crippen LogP contribution is 2.20. The molecule has 1 saturated heterocycles. The van der Waals surface area contributed by atoms with Crippen LogP contribution in [-0.2, 0) is 14.3 Å². The van der Waals surface area contributed by atoms with Gasteiger partial charge in [-0.25, -0.2) is 4.79 Å². The summed E-state index contributed by atoms with van der Waals surface area (Å²) in [5.74, 6) is -1.66. The van der Waals surface area contributed by atoms with E-state index in [1.807, 2.05) is 0 Å². The van der Waals surface area contributed by atoms with Crippen LogP contribution >= 0.6 is 0 Å². The molecule has 1 rings (SSSR count). The number of carboxylic acid groups (broad SMARTS) is 1. The van der Waals surface area contributed by atoms with Crippen LogP contribution in [0.15, 0.2) is 0 Å². The van der Waals surface area contributed by atoms with E-state index in [-0.39, 0.29) is 6.42 Å². The predicted octanol–water partition coefficient (Wildman–Crippen LogP) is 0.0557. The lowest BCUT2D eigenvalue weighted by Crippen LogP contribution is -2.48. The number of rotatable bonds is 3. The van der Waals surface area contributed by atoms with Gasteiger partial charge in [0.25, 0.3) is 0 Å². The van der Waals surface area contributed by atoms with Crippen LogP contribution in [0.3, 0.4) is 0 Å². The molecule has 0 aromatic rings. The van der Waals surface area contributed by atoms with Crippen molar-refractivity contribution < 1.29 is 24.2 Å². The fraction of sp³-hybridized carbons (Fsp3) is 0.727. The first kappa shape index (κ1) is 14.4. The SMILES string of the molecule is CC(C)(CC(=O)NC(=O)N1CCOCC1)C(=O)O. The van der Waals surface area contributed by atoms with Gasteiger partial charge in [-0.1, -0.05) is 0 Å². The summed E-state index contributed by atoms with van der Waals surface area (Å²) in [6.45, 7) is 4.63. The molecule has 3 amide bonds. The average Bonchev–Trinajstić information content (AvgIpc) is 2.29. The molecule has 0 unspecified atom stereocenters. The van der Waals surface area contributed by atoms with E-state index in [1.165, 1.54) is 18.7 Å². The summed E-state index contributed by atoms with van der Waals surface area (Å²) in [6.07, 6.45) is -0.238. The molecule has 1 aliphatic rings. The first-order chi connectivity index (χ1) is 8.33. The van der Waals surface area contributed by atoms with Crippen molar-refractivity contribution in [2.45, 2.75) is 20.3 Å². The molecule has 1 fully saturated rings. The third-order valence-corrected chi connectivity index (χ3v) is 2.73. The number of carboxylic acids is 1. The van der Waals surface area contributed by atoms with Gasteiger partial charge in [0.2, 0.25) is 5.91 Å². The normalized spacial score (nSPS) is 16.2. The number of aliphatic carboxylic acids is 1. The first-order valence-corrected chi connectivity index (χ1v) is 5.73.